The molecule has 2 nitrogen and oxygen atoms in total. The van der Waals surface area contributed by atoms with E-state index in [1.165, 1.54) is 22.0 Å². The topological polar surface area (TPSA) is 21.3 Å². The highest BCUT2D eigenvalue weighted by molar-refractivity contribution is 14.1. The first-order chi connectivity index (χ1) is 9.70. The van der Waals surface area contributed by atoms with Crippen LogP contribution in [0, 0.1) is 3.57 Å². The molecule has 0 aromatic heterocycles. The lowest BCUT2D eigenvalue weighted by atomic mass is 10.2. The molecule has 0 radical (unpaired) electrons. The lowest BCUT2D eigenvalue weighted by Crippen LogP contribution is -2.15. The highest BCUT2D eigenvalue weighted by Gasteiger charge is 2.20. The van der Waals surface area contributed by atoms with Gasteiger partial charge in [-0.2, -0.15) is 0 Å². The number of halogens is 2. The quantitative estimate of drug-likeness (QED) is 0.649. The Morgan fingerprint density at radius 1 is 1.20 bits per heavy atom. The molecule has 20 heavy (non-hydrogen) atoms. The van der Waals surface area contributed by atoms with Gasteiger partial charge in [-0.1, -0.05) is 28.1 Å². The summed E-state index contributed by atoms with van der Waals surface area (Å²) in [6.07, 6.45) is 2.59. The van der Waals surface area contributed by atoms with Crippen molar-refractivity contribution in [2.75, 3.05) is 0 Å². The van der Waals surface area contributed by atoms with Crippen molar-refractivity contribution < 1.29 is 4.74 Å². The molecule has 3 rings (SSSR count). The Bertz CT molecular complexity index is 613. The lowest BCUT2D eigenvalue weighted by Gasteiger charge is -2.12. The molecule has 1 aliphatic carbocycles. The zero-order valence-corrected chi connectivity index (χ0v) is 14.6. The van der Waals surface area contributed by atoms with Gasteiger partial charge in [-0.25, -0.2) is 0 Å². The molecule has 0 atom stereocenters. The molecule has 1 N–H and O–H groups in total. The summed E-state index contributed by atoms with van der Waals surface area (Å²) in [5, 5.41) is 3.53. The molecule has 2 aromatic rings. The highest BCUT2D eigenvalue weighted by atomic mass is 127. The molecule has 0 bridgehead atoms. The SMILES string of the molecule is Brc1ccc(CNC2CC2)c(Oc2cccc(I)c2)c1. The first kappa shape index (κ1) is 14.4. The Hall–Kier alpha value is -0.590. The molecule has 0 heterocycles. The third-order valence-electron chi connectivity index (χ3n) is 3.21. The van der Waals surface area contributed by atoms with Gasteiger partial charge in [0.2, 0.25) is 0 Å². The summed E-state index contributed by atoms with van der Waals surface area (Å²) in [4.78, 5) is 0. The third kappa shape index (κ3) is 3.96. The van der Waals surface area contributed by atoms with Crippen molar-refractivity contribution in [2.45, 2.75) is 25.4 Å². The van der Waals surface area contributed by atoms with Crippen LogP contribution in [-0.2, 0) is 6.54 Å². The second-order valence-corrected chi connectivity index (χ2v) is 7.13. The van der Waals surface area contributed by atoms with Crippen LogP contribution in [0.15, 0.2) is 46.9 Å². The van der Waals surface area contributed by atoms with Crippen LogP contribution < -0.4 is 10.1 Å². The van der Waals surface area contributed by atoms with Gasteiger partial charge in [-0.15, -0.1) is 0 Å². The average molecular weight is 444 g/mol. The number of rotatable bonds is 5. The number of nitrogens with one attached hydrogen (secondary N) is 1. The fourth-order valence-electron chi connectivity index (χ4n) is 1.97. The smallest absolute Gasteiger partial charge is 0.133 e. The van der Waals surface area contributed by atoms with E-state index in [0.717, 1.165) is 22.5 Å². The standard InChI is InChI=1S/C16H15BrINO/c17-12-5-4-11(10-19-14-6-7-14)16(8-12)20-15-3-1-2-13(18)9-15/h1-5,8-9,14,19H,6-7,10H2. The summed E-state index contributed by atoms with van der Waals surface area (Å²) in [6.45, 7) is 0.858. The van der Waals surface area contributed by atoms with Gasteiger partial charge in [-0.3, -0.25) is 0 Å². The summed E-state index contributed by atoms with van der Waals surface area (Å²) in [6, 6.07) is 15.0. The van der Waals surface area contributed by atoms with Crippen molar-refractivity contribution >= 4 is 38.5 Å². The highest BCUT2D eigenvalue weighted by Crippen LogP contribution is 2.30. The fraction of sp³-hybridized carbons (Fsp3) is 0.250. The van der Waals surface area contributed by atoms with E-state index in [1.807, 2.05) is 24.3 Å². The minimum absolute atomic E-state index is 0.698. The van der Waals surface area contributed by atoms with E-state index in [4.69, 9.17) is 4.74 Å². The Morgan fingerprint density at radius 3 is 2.80 bits per heavy atom. The summed E-state index contributed by atoms with van der Waals surface area (Å²) in [5.41, 5.74) is 1.19. The van der Waals surface area contributed by atoms with Gasteiger partial charge in [0.15, 0.2) is 0 Å². The van der Waals surface area contributed by atoms with Gasteiger partial charge in [-0.05, 0) is 65.8 Å². The summed E-state index contributed by atoms with van der Waals surface area (Å²) in [7, 11) is 0. The first-order valence-corrected chi connectivity index (χ1v) is 8.53. The zero-order valence-electron chi connectivity index (χ0n) is 10.9. The second kappa shape index (κ2) is 6.45. The molecule has 0 unspecified atom stereocenters. The van der Waals surface area contributed by atoms with Gasteiger partial charge >= 0.3 is 0 Å². The zero-order chi connectivity index (χ0) is 13.9. The van der Waals surface area contributed by atoms with Gasteiger partial charge < -0.3 is 10.1 Å². The molecular weight excluding hydrogens is 429 g/mol. The maximum atomic E-state index is 6.05. The largest absolute Gasteiger partial charge is 0.457 e. The number of hydrogen-bond donors (Lipinski definition) is 1. The molecule has 4 heteroatoms. The molecule has 2 aromatic carbocycles. The van der Waals surface area contributed by atoms with E-state index in [-0.39, 0.29) is 0 Å². The Balaban J connectivity index is 1.80. The van der Waals surface area contributed by atoms with E-state index in [9.17, 15) is 0 Å². The normalized spacial score (nSPS) is 14.3. The van der Waals surface area contributed by atoms with Crippen LogP contribution in [-0.4, -0.2) is 6.04 Å². The van der Waals surface area contributed by atoms with Gasteiger partial charge in [0.25, 0.3) is 0 Å². The Labute approximate surface area is 141 Å². The van der Waals surface area contributed by atoms with Crippen LogP contribution in [0.3, 0.4) is 0 Å². The molecule has 1 saturated carbocycles. The van der Waals surface area contributed by atoms with Crippen molar-refractivity contribution in [3.05, 3.63) is 56.1 Å². The molecule has 0 aliphatic heterocycles. The molecule has 1 fully saturated rings. The van der Waals surface area contributed by atoms with E-state index in [1.54, 1.807) is 0 Å². The molecule has 0 amide bonds. The van der Waals surface area contributed by atoms with Gasteiger partial charge in [0.1, 0.15) is 11.5 Å². The van der Waals surface area contributed by atoms with Crippen molar-refractivity contribution in [1.29, 1.82) is 0 Å². The van der Waals surface area contributed by atoms with Crippen molar-refractivity contribution in [1.82, 2.24) is 5.32 Å². The molecule has 104 valence electrons. The average Bonchev–Trinajstić information content (AvgIpc) is 3.22. The minimum Gasteiger partial charge on any atom is -0.457 e. The van der Waals surface area contributed by atoms with Crippen LogP contribution in [0.1, 0.15) is 18.4 Å². The van der Waals surface area contributed by atoms with Crippen molar-refractivity contribution in [3.63, 3.8) is 0 Å². The fourth-order valence-corrected chi connectivity index (χ4v) is 2.82. The number of ether oxygens (including phenoxy) is 1. The maximum absolute atomic E-state index is 6.05. The molecule has 1 aliphatic rings. The molecular formula is C16H15BrINO. The van der Waals surface area contributed by atoms with Crippen molar-refractivity contribution in [2.24, 2.45) is 0 Å². The van der Waals surface area contributed by atoms with Crippen LogP contribution in [0.5, 0.6) is 11.5 Å². The Kier molecular flexibility index (Phi) is 4.63. The van der Waals surface area contributed by atoms with Crippen LogP contribution in [0.2, 0.25) is 0 Å². The summed E-state index contributed by atoms with van der Waals surface area (Å²) in [5.74, 6) is 1.79. The second-order valence-electron chi connectivity index (χ2n) is 4.97. The van der Waals surface area contributed by atoms with E-state index >= 15 is 0 Å². The van der Waals surface area contributed by atoms with E-state index in [0.29, 0.717) is 6.04 Å². The van der Waals surface area contributed by atoms with Gasteiger partial charge in [0, 0.05) is 26.2 Å². The van der Waals surface area contributed by atoms with Crippen molar-refractivity contribution in [3.8, 4) is 11.5 Å². The van der Waals surface area contributed by atoms with Crippen LogP contribution >= 0.6 is 38.5 Å². The molecule has 0 spiro atoms. The predicted molar refractivity (Wildman–Crippen MR) is 93.2 cm³/mol. The summed E-state index contributed by atoms with van der Waals surface area (Å²) < 4.78 is 8.26. The van der Waals surface area contributed by atoms with Crippen LogP contribution in [0.25, 0.3) is 0 Å². The van der Waals surface area contributed by atoms with Crippen LogP contribution in [0.4, 0.5) is 0 Å². The minimum atomic E-state index is 0.698. The van der Waals surface area contributed by atoms with E-state index < -0.39 is 0 Å². The van der Waals surface area contributed by atoms with Gasteiger partial charge in [0.05, 0.1) is 0 Å². The maximum Gasteiger partial charge on any atom is 0.133 e. The van der Waals surface area contributed by atoms with E-state index in [2.05, 4.69) is 62.0 Å². The number of hydrogen-bond acceptors (Lipinski definition) is 2. The lowest BCUT2D eigenvalue weighted by molar-refractivity contribution is 0.472. The summed E-state index contributed by atoms with van der Waals surface area (Å²) >= 11 is 5.81. The molecule has 0 saturated heterocycles. The first-order valence-electron chi connectivity index (χ1n) is 6.66. The monoisotopic (exact) mass is 443 g/mol. The predicted octanol–water partition coefficient (Wildman–Crippen LogP) is 5.10. The number of benzene rings is 2. The Morgan fingerprint density at radius 2 is 2.05 bits per heavy atom. The third-order valence-corrected chi connectivity index (χ3v) is 4.38.